The molecule has 1 aromatic rings. The van der Waals surface area contributed by atoms with E-state index in [0.29, 0.717) is 6.54 Å². The highest BCUT2D eigenvalue weighted by atomic mass is 16.5. The van der Waals surface area contributed by atoms with Gasteiger partial charge in [-0.05, 0) is 37.8 Å². The second kappa shape index (κ2) is 8.55. The molecule has 4 heteroatoms. The van der Waals surface area contributed by atoms with E-state index in [1.807, 2.05) is 29.2 Å². The van der Waals surface area contributed by atoms with Crippen LogP contribution in [-0.2, 0) is 4.79 Å². The molecule has 1 fully saturated rings. The molecule has 1 aliphatic heterocycles. The lowest BCUT2D eigenvalue weighted by Crippen LogP contribution is -2.39. The topological polar surface area (TPSA) is 41.6 Å². The Morgan fingerprint density at radius 1 is 1.29 bits per heavy atom. The van der Waals surface area contributed by atoms with E-state index in [1.165, 1.54) is 6.42 Å². The first-order valence-corrected chi connectivity index (χ1v) is 8.04. The molecule has 0 radical (unpaired) electrons. The highest BCUT2D eigenvalue weighted by Gasteiger charge is 2.15. The molecule has 1 amide bonds. The number of ether oxygens (including phenoxy) is 1. The number of carbonyl (C=O) groups excluding carboxylic acids is 1. The minimum absolute atomic E-state index is 0.187. The fourth-order valence-corrected chi connectivity index (χ4v) is 2.46. The summed E-state index contributed by atoms with van der Waals surface area (Å²) < 4.78 is 5.67. The summed E-state index contributed by atoms with van der Waals surface area (Å²) in [6.45, 7) is 5.06. The van der Waals surface area contributed by atoms with E-state index in [-0.39, 0.29) is 5.91 Å². The Morgan fingerprint density at radius 3 is 2.86 bits per heavy atom. The number of hydrogen-bond acceptors (Lipinski definition) is 3. The van der Waals surface area contributed by atoms with Crippen LogP contribution in [0.25, 0.3) is 0 Å². The lowest BCUT2D eigenvalue weighted by molar-refractivity contribution is -0.130. The zero-order valence-electron chi connectivity index (χ0n) is 12.9. The summed E-state index contributed by atoms with van der Waals surface area (Å²) in [6.07, 6.45) is 5.70. The second-order valence-electron chi connectivity index (χ2n) is 5.52. The monoisotopic (exact) mass is 290 g/mol. The molecule has 2 rings (SSSR count). The summed E-state index contributed by atoms with van der Waals surface area (Å²) in [5.74, 6) is 1.05. The maximum absolute atomic E-state index is 12.1. The summed E-state index contributed by atoms with van der Waals surface area (Å²) in [4.78, 5) is 14.1. The number of unbranched alkanes of at least 4 members (excludes halogenated alkanes) is 1. The Hall–Kier alpha value is -1.71. The van der Waals surface area contributed by atoms with E-state index in [4.69, 9.17) is 4.74 Å². The van der Waals surface area contributed by atoms with E-state index in [2.05, 4.69) is 12.2 Å². The fraction of sp³-hybridized carbons (Fsp3) is 0.588. The quantitative estimate of drug-likeness (QED) is 0.783. The van der Waals surface area contributed by atoms with Gasteiger partial charge >= 0.3 is 0 Å². The average molecular weight is 290 g/mol. The molecule has 1 aliphatic rings. The Labute approximate surface area is 127 Å². The zero-order chi connectivity index (χ0) is 14.9. The fourth-order valence-electron chi connectivity index (χ4n) is 2.46. The highest BCUT2D eigenvalue weighted by Crippen LogP contribution is 2.18. The van der Waals surface area contributed by atoms with Gasteiger partial charge in [-0.25, -0.2) is 0 Å². The zero-order valence-corrected chi connectivity index (χ0v) is 12.9. The van der Waals surface area contributed by atoms with E-state index in [0.717, 1.165) is 56.8 Å². The van der Waals surface area contributed by atoms with Crippen LogP contribution in [0.3, 0.4) is 0 Å². The van der Waals surface area contributed by atoms with Gasteiger partial charge in [-0.15, -0.1) is 0 Å². The average Bonchev–Trinajstić information content (AvgIpc) is 2.54. The second-order valence-corrected chi connectivity index (χ2v) is 5.52. The Balaban J connectivity index is 1.79. The summed E-state index contributed by atoms with van der Waals surface area (Å²) in [5.41, 5.74) is 0.939. The molecule has 0 spiro atoms. The molecule has 0 aliphatic carbocycles. The number of amides is 1. The van der Waals surface area contributed by atoms with E-state index < -0.39 is 0 Å². The summed E-state index contributed by atoms with van der Waals surface area (Å²) in [6, 6.07) is 7.83. The summed E-state index contributed by atoms with van der Waals surface area (Å²) in [7, 11) is 0. The van der Waals surface area contributed by atoms with Crippen molar-refractivity contribution < 1.29 is 9.53 Å². The summed E-state index contributed by atoms with van der Waals surface area (Å²) >= 11 is 0. The molecule has 1 aromatic carbocycles. The van der Waals surface area contributed by atoms with Crippen molar-refractivity contribution in [3.8, 4) is 5.75 Å². The number of hydrogen-bond donors (Lipinski definition) is 1. The first-order valence-electron chi connectivity index (χ1n) is 8.04. The van der Waals surface area contributed by atoms with Crippen molar-refractivity contribution in [2.45, 2.75) is 39.0 Å². The van der Waals surface area contributed by atoms with Crippen LogP contribution >= 0.6 is 0 Å². The third-order valence-corrected chi connectivity index (χ3v) is 3.75. The van der Waals surface area contributed by atoms with Crippen LogP contribution in [0, 0.1) is 0 Å². The maximum atomic E-state index is 12.1. The van der Waals surface area contributed by atoms with Crippen LogP contribution in [0.1, 0.15) is 39.0 Å². The van der Waals surface area contributed by atoms with Gasteiger partial charge in [0.1, 0.15) is 5.75 Å². The number of nitrogens with one attached hydrogen (secondary N) is 1. The first-order chi connectivity index (χ1) is 10.3. The van der Waals surface area contributed by atoms with Crippen molar-refractivity contribution in [1.29, 1.82) is 0 Å². The predicted molar refractivity (Wildman–Crippen MR) is 85.8 cm³/mol. The third kappa shape index (κ3) is 5.29. The number of anilines is 1. The Kier molecular flexibility index (Phi) is 6.38. The first kappa shape index (κ1) is 15.7. The molecular weight excluding hydrogens is 264 g/mol. The van der Waals surface area contributed by atoms with Gasteiger partial charge in [-0.2, -0.15) is 0 Å². The number of rotatable bonds is 7. The number of carbonyl (C=O) groups is 1. The molecule has 0 unspecified atom stereocenters. The predicted octanol–water partition coefficient (Wildman–Crippen LogP) is 3.29. The van der Waals surface area contributed by atoms with Gasteiger partial charge in [0.05, 0.1) is 13.2 Å². The standard InChI is InChI=1S/C17H26N2O2/c1-2-3-12-21-16-9-7-8-15(13-16)18-14-17(20)19-10-5-4-6-11-19/h7-9,13,18H,2-6,10-12,14H2,1H3. The van der Waals surface area contributed by atoms with E-state index in [1.54, 1.807) is 0 Å². The number of nitrogens with zero attached hydrogens (tertiary/aromatic N) is 1. The van der Waals surface area contributed by atoms with Gasteiger partial charge < -0.3 is 15.0 Å². The molecule has 0 atom stereocenters. The third-order valence-electron chi connectivity index (χ3n) is 3.75. The molecule has 1 saturated heterocycles. The molecule has 116 valence electrons. The van der Waals surface area contributed by atoms with Crippen LogP contribution in [0.15, 0.2) is 24.3 Å². The van der Waals surface area contributed by atoms with Crippen LogP contribution in [0.2, 0.25) is 0 Å². The van der Waals surface area contributed by atoms with Gasteiger partial charge in [-0.1, -0.05) is 19.4 Å². The molecule has 1 heterocycles. The molecule has 0 bridgehead atoms. The largest absolute Gasteiger partial charge is 0.494 e. The Bertz CT molecular complexity index is 442. The molecule has 4 nitrogen and oxygen atoms in total. The van der Waals surface area contributed by atoms with Gasteiger partial charge in [0.25, 0.3) is 0 Å². The van der Waals surface area contributed by atoms with Gasteiger partial charge in [0, 0.05) is 24.8 Å². The van der Waals surface area contributed by atoms with E-state index in [9.17, 15) is 4.79 Å². The minimum Gasteiger partial charge on any atom is -0.494 e. The SMILES string of the molecule is CCCCOc1cccc(NCC(=O)N2CCCCC2)c1. The van der Waals surface area contributed by atoms with Crippen molar-refractivity contribution >= 4 is 11.6 Å². The number of likely N-dealkylation sites (tertiary alicyclic amines) is 1. The van der Waals surface area contributed by atoms with Crippen molar-refractivity contribution in [3.63, 3.8) is 0 Å². The van der Waals surface area contributed by atoms with Crippen molar-refractivity contribution in [3.05, 3.63) is 24.3 Å². The Morgan fingerprint density at radius 2 is 2.10 bits per heavy atom. The van der Waals surface area contributed by atoms with Gasteiger partial charge in [-0.3, -0.25) is 4.79 Å². The van der Waals surface area contributed by atoms with Gasteiger partial charge in [0.2, 0.25) is 5.91 Å². The van der Waals surface area contributed by atoms with Gasteiger partial charge in [0.15, 0.2) is 0 Å². The lowest BCUT2D eigenvalue weighted by Gasteiger charge is -2.26. The molecule has 0 saturated carbocycles. The number of benzene rings is 1. The van der Waals surface area contributed by atoms with Crippen molar-refractivity contribution in [1.82, 2.24) is 4.90 Å². The van der Waals surface area contributed by atoms with Crippen LogP contribution in [0.4, 0.5) is 5.69 Å². The molecular formula is C17H26N2O2. The lowest BCUT2D eigenvalue weighted by atomic mass is 10.1. The highest BCUT2D eigenvalue weighted by molar-refractivity contribution is 5.81. The molecule has 1 N–H and O–H groups in total. The van der Waals surface area contributed by atoms with Crippen molar-refractivity contribution in [2.75, 3.05) is 31.6 Å². The van der Waals surface area contributed by atoms with Crippen LogP contribution in [0.5, 0.6) is 5.75 Å². The molecule has 21 heavy (non-hydrogen) atoms. The van der Waals surface area contributed by atoms with E-state index >= 15 is 0 Å². The smallest absolute Gasteiger partial charge is 0.241 e. The number of piperidine rings is 1. The van der Waals surface area contributed by atoms with Crippen LogP contribution in [-0.4, -0.2) is 37.0 Å². The summed E-state index contributed by atoms with van der Waals surface area (Å²) in [5, 5.41) is 3.20. The normalized spacial score (nSPS) is 14.8. The van der Waals surface area contributed by atoms with Crippen LogP contribution < -0.4 is 10.1 Å². The minimum atomic E-state index is 0.187. The maximum Gasteiger partial charge on any atom is 0.241 e. The molecule has 0 aromatic heterocycles. The van der Waals surface area contributed by atoms with Crippen molar-refractivity contribution in [2.24, 2.45) is 0 Å².